The van der Waals surface area contributed by atoms with E-state index in [4.69, 9.17) is 16.3 Å². The second kappa shape index (κ2) is 9.32. The number of aryl methyl sites for hydroxylation is 1. The first-order chi connectivity index (χ1) is 15.7. The number of piperidine rings is 1. The van der Waals surface area contributed by atoms with Crippen LogP contribution in [0.5, 0.6) is 5.75 Å². The Hall–Kier alpha value is -2.62. The van der Waals surface area contributed by atoms with E-state index in [-0.39, 0.29) is 35.7 Å². The monoisotopic (exact) mass is 491 g/mol. The number of nitrogens with zero attached hydrogens (tertiary/aromatic N) is 1. The molecule has 8 nitrogen and oxygen atoms in total. The number of anilines is 1. The highest BCUT2D eigenvalue weighted by Crippen LogP contribution is 2.36. The van der Waals surface area contributed by atoms with E-state index in [1.54, 1.807) is 26.0 Å². The molecule has 2 aromatic carbocycles. The molecular weight excluding hydrogens is 466 g/mol. The molecular formula is C23H26ClN3O5S. The first-order valence-corrected chi connectivity index (χ1v) is 12.6. The van der Waals surface area contributed by atoms with Crippen molar-refractivity contribution in [1.82, 2.24) is 9.62 Å². The fourth-order valence-electron chi connectivity index (χ4n) is 4.09. The first-order valence-electron chi connectivity index (χ1n) is 10.8. The van der Waals surface area contributed by atoms with Gasteiger partial charge in [0.05, 0.1) is 10.6 Å². The molecule has 2 N–H and O–H groups in total. The van der Waals surface area contributed by atoms with Crippen LogP contribution in [0.2, 0.25) is 5.02 Å². The van der Waals surface area contributed by atoms with Gasteiger partial charge in [0, 0.05) is 36.6 Å². The number of fused-ring (bicyclic) bond motifs is 1. The molecule has 2 aliphatic rings. The highest BCUT2D eigenvalue weighted by atomic mass is 35.5. The van der Waals surface area contributed by atoms with Gasteiger partial charge in [0.25, 0.3) is 5.91 Å². The third-order valence-corrected chi connectivity index (χ3v) is 8.47. The van der Waals surface area contributed by atoms with Gasteiger partial charge in [-0.1, -0.05) is 29.8 Å². The van der Waals surface area contributed by atoms with Crippen LogP contribution >= 0.6 is 11.6 Å². The maximum Gasteiger partial charge on any atom is 0.265 e. The number of carbonyl (C=O) groups is 2. The van der Waals surface area contributed by atoms with Gasteiger partial charge >= 0.3 is 0 Å². The van der Waals surface area contributed by atoms with Crippen LogP contribution in [0.15, 0.2) is 41.3 Å². The minimum atomic E-state index is -3.78. The van der Waals surface area contributed by atoms with Gasteiger partial charge in [0.1, 0.15) is 5.75 Å². The predicted octanol–water partition coefficient (Wildman–Crippen LogP) is 3.08. The zero-order chi connectivity index (χ0) is 23.8. The summed E-state index contributed by atoms with van der Waals surface area (Å²) >= 11 is 6.14. The van der Waals surface area contributed by atoms with Crippen molar-refractivity contribution in [2.45, 2.75) is 44.2 Å². The van der Waals surface area contributed by atoms with E-state index >= 15 is 0 Å². The fourth-order valence-corrected chi connectivity index (χ4v) is 5.98. The highest BCUT2D eigenvalue weighted by molar-refractivity contribution is 7.89. The summed E-state index contributed by atoms with van der Waals surface area (Å²) in [7, 11) is -3.78. The summed E-state index contributed by atoms with van der Waals surface area (Å²) in [5.41, 5.74) is 1.82. The minimum absolute atomic E-state index is 0.102. The molecule has 1 unspecified atom stereocenters. The van der Waals surface area contributed by atoms with Gasteiger partial charge in [-0.2, -0.15) is 4.31 Å². The van der Waals surface area contributed by atoms with Gasteiger partial charge in [-0.3, -0.25) is 9.59 Å². The molecule has 1 saturated heterocycles. The summed E-state index contributed by atoms with van der Waals surface area (Å²) in [5.74, 6) is -0.300. The van der Waals surface area contributed by atoms with Crippen LogP contribution in [0.1, 0.15) is 30.9 Å². The molecule has 0 aliphatic carbocycles. The Bertz CT molecular complexity index is 1190. The third kappa shape index (κ3) is 4.85. The van der Waals surface area contributed by atoms with Crippen LogP contribution < -0.4 is 15.4 Å². The molecule has 0 aromatic heterocycles. The zero-order valence-electron chi connectivity index (χ0n) is 18.4. The highest BCUT2D eigenvalue weighted by Gasteiger charge is 2.34. The summed E-state index contributed by atoms with van der Waals surface area (Å²) in [6.07, 6.45) is 0.165. The summed E-state index contributed by atoms with van der Waals surface area (Å²) in [6, 6.07) is 10.4. The summed E-state index contributed by atoms with van der Waals surface area (Å²) in [6.45, 7) is 4.12. The van der Waals surface area contributed by atoms with Crippen LogP contribution in [0.25, 0.3) is 0 Å². The number of nitrogens with one attached hydrogen (secondary N) is 2. The summed E-state index contributed by atoms with van der Waals surface area (Å²) in [4.78, 5) is 24.6. The van der Waals surface area contributed by atoms with Crippen molar-refractivity contribution in [3.63, 3.8) is 0 Å². The molecule has 2 aromatic rings. The van der Waals surface area contributed by atoms with Crippen molar-refractivity contribution in [3.8, 4) is 5.75 Å². The summed E-state index contributed by atoms with van der Waals surface area (Å²) < 4.78 is 33.7. The lowest BCUT2D eigenvalue weighted by molar-refractivity contribution is -0.126. The maximum absolute atomic E-state index is 13.3. The van der Waals surface area contributed by atoms with Gasteiger partial charge < -0.3 is 15.4 Å². The van der Waals surface area contributed by atoms with Gasteiger partial charge in [0.2, 0.25) is 15.9 Å². The van der Waals surface area contributed by atoms with Crippen molar-refractivity contribution < 1.29 is 22.7 Å². The Morgan fingerprint density at radius 2 is 1.94 bits per heavy atom. The molecule has 2 heterocycles. The molecule has 0 saturated carbocycles. The average Bonchev–Trinajstić information content (AvgIpc) is 2.79. The van der Waals surface area contributed by atoms with Crippen molar-refractivity contribution in [3.05, 3.63) is 52.5 Å². The molecule has 2 aliphatic heterocycles. The van der Waals surface area contributed by atoms with Gasteiger partial charge in [0.15, 0.2) is 6.10 Å². The predicted molar refractivity (Wildman–Crippen MR) is 125 cm³/mol. The van der Waals surface area contributed by atoms with Crippen LogP contribution in [-0.2, 0) is 26.2 Å². The minimum Gasteiger partial charge on any atom is -0.479 e. The number of halogens is 1. The lowest BCUT2D eigenvalue weighted by Crippen LogP contribution is -2.43. The SMILES string of the molecule is Cc1cc2c(cc1S(=O)(=O)N1CCC(C(=O)NCc3ccccc3Cl)CC1)OC(C)C(=O)N2. The average molecular weight is 492 g/mol. The standard InChI is InChI=1S/C23H26ClN3O5S/c1-14-11-19-20(32-15(2)22(28)26-19)12-21(14)33(30,31)27-9-7-16(8-10-27)23(29)25-13-17-5-3-4-6-18(17)24/h3-6,11-12,15-16H,7-10,13H2,1-2H3,(H,25,29)(H,26,28). The van der Waals surface area contributed by atoms with E-state index in [0.29, 0.717) is 41.4 Å². The fraction of sp³-hybridized carbons (Fsp3) is 0.391. The topological polar surface area (TPSA) is 105 Å². The molecule has 0 bridgehead atoms. The van der Waals surface area contributed by atoms with Gasteiger partial charge in [-0.05, 0) is 49.9 Å². The molecule has 10 heteroatoms. The molecule has 2 amide bonds. The molecule has 0 spiro atoms. The maximum atomic E-state index is 13.3. The molecule has 4 rings (SSSR count). The van der Waals surface area contributed by atoms with Gasteiger partial charge in [-0.25, -0.2) is 8.42 Å². The van der Waals surface area contributed by atoms with Crippen molar-refractivity contribution >= 4 is 39.1 Å². The van der Waals surface area contributed by atoms with E-state index in [1.807, 2.05) is 18.2 Å². The van der Waals surface area contributed by atoms with E-state index in [0.717, 1.165) is 5.56 Å². The second-order valence-electron chi connectivity index (χ2n) is 8.35. The lowest BCUT2D eigenvalue weighted by atomic mass is 9.97. The van der Waals surface area contributed by atoms with E-state index < -0.39 is 16.1 Å². The number of hydrogen-bond acceptors (Lipinski definition) is 5. The molecule has 0 radical (unpaired) electrons. The molecule has 1 atom stereocenters. The molecule has 1 fully saturated rings. The van der Waals surface area contributed by atoms with Crippen LogP contribution in [0.3, 0.4) is 0 Å². The smallest absolute Gasteiger partial charge is 0.265 e. The quantitative estimate of drug-likeness (QED) is 0.668. The van der Waals surface area contributed by atoms with E-state index in [2.05, 4.69) is 10.6 Å². The Morgan fingerprint density at radius 1 is 1.24 bits per heavy atom. The Morgan fingerprint density at radius 3 is 2.64 bits per heavy atom. The Balaban J connectivity index is 1.41. The number of carbonyl (C=O) groups excluding carboxylic acids is 2. The number of amides is 2. The third-order valence-electron chi connectivity index (χ3n) is 6.06. The van der Waals surface area contributed by atoms with Crippen molar-refractivity contribution in [1.29, 1.82) is 0 Å². The van der Waals surface area contributed by atoms with Gasteiger partial charge in [-0.15, -0.1) is 0 Å². The number of benzene rings is 2. The Kier molecular flexibility index (Phi) is 6.65. The van der Waals surface area contributed by atoms with E-state index in [9.17, 15) is 18.0 Å². The number of hydrogen-bond donors (Lipinski definition) is 2. The second-order valence-corrected chi connectivity index (χ2v) is 10.7. The number of ether oxygens (including phenoxy) is 1. The Labute approximate surface area is 198 Å². The van der Waals surface area contributed by atoms with Crippen molar-refractivity contribution in [2.75, 3.05) is 18.4 Å². The van der Waals surface area contributed by atoms with Crippen LogP contribution in [0.4, 0.5) is 5.69 Å². The van der Waals surface area contributed by atoms with Crippen LogP contribution in [-0.4, -0.2) is 43.7 Å². The summed E-state index contributed by atoms with van der Waals surface area (Å²) in [5, 5.41) is 6.23. The molecule has 33 heavy (non-hydrogen) atoms. The van der Waals surface area contributed by atoms with Crippen LogP contribution in [0, 0.1) is 12.8 Å². The lowest BCUT2D eigenvalue weighted by Gasteiger charge is -2.31. The largest absolute Gasteiger partial charge is 0.479 e. The van der Waals surface area contributed by atoms with Crippen molar-refractivity contribution in [2.24, 2.45) is 5.92 Å². The molecule has 176 valence electrons. The number of sulfonamides is 1. The van der Waals surface area contributed by atoms with E-state index in [1.165, 1.54) is 10.4 Å². The normalized spacial score (nSPS) is 19.4. The zero-order valence-corrected chi connectivity index (χ0v) is 20.0. The number of rotatable bonds is 5. The first kappa shape index (κ1) is 23.5.